The smallest absolute Gasteiger partial charge is 0.348 e. The molecule has 0 N–H and O–H groups in total. The second-order valence-corrected chi connectivity index (χ2v) is 3.73. The molecule has 4 heteroatoms. The molecule has 0 spiro atoms. The number of fused-ring (bicyclic) bond motifs is 1. The fourth-order valence-corrected chi connectivity index (χ4v) is 1.58. The molecule has 82 valence electrons. The van der Waals surface area contributed by atoms with Crippen molar-refractivity contribution >= 4 is 17.5 Å². The quantitative estimate of drug-likeness (QED) is 0.404. The van der Waals surface area contributed by atoms with Gasteiger partial charge in [0.25, 0.3) is 0 Å². The van der Waals surface area contributed by atoms with E-state index in [0.717, 1.165) is 0 Å². The normalized spacial score (nSPS) is 17.0. The highest BCUT2D eigenvalue weighted by Crippen LogP contribution is 2.26. The molecule has 1 heterocycles. The third-order valence-electron chi connectivity index (χ3n) is 2.23. The SMILES string of the molecule is CN(C)/C=C1/C(=O)OC(=O)c2ccccc21. The van der Waals surface area contributed by atoms with E-state index in [9.17, 15) is 9.59 Å². The molecule has 0 aliphatic carbocycles. The second-order valence-electron chi connectivity index (χ2n) is 3.73. The Balaban J connectivity index is 2.60. The minimum atomic E-state index is -0.600. The van der Waals surface area contributed by atoms with Crippen molar-refractivity contribution in [3.63, 3.8) is 0 Å². The number of cyclic esters (lactones) is 2. The molecule has 0 atom stereocenters. The summed E-state index contributed by atoms with van der Waals surface area (Å²) in [5, 5.41) is 0. The van der Waals surface area contributed by atoms with Crippen LogP contribution in [0.4, 0.5) is 0 Å². The van der Waals surface area contributed by atoms with Gasteiger partial charge in [-0.3, -0.25) is 0 Å². The van der Waals surface area contributed by atoms with Crippen LogP contribution in [-0.4, -0.2) is 30.9 Å². The lowest BCUT2D eigenvalue weighted by Crippen LogP contribution is -2.23. The largest absolute Gasteiger partial charge is 0.386 e. The van der Waals surface area contributed by atoms with Crippen LogP contribution in [0.1, 0.15) is 15.9 Å². The van der Waals surface area contributed by atoms with Gasteiger partial charge in [-0.1, -0.05) is 18.2 Å². The Labute approximate surface area is 93.1 Å². The first-order valence-corrected chi connectivity index (χ1v) is 4.84. The number of nitrogens with zero attached hydrogens (tertiary/aromatic N) is 1. The number of carbonyl (C=O) groups excluding carboxylic acids is 2. The van der Waals surface area contributed by atoms with Crippen molar-refractivity contribution in [2.24, 2.45) is 0 Å². The molecular formula is C12H11NO3. The van der Waals surface area contributed by atoms with Crippen molar-refractivity contribution in [2.45, 2.75) is 0 Å². The number of rotatable bonds is 1. The van der Waals surface area contributed by atoms with Gasteiger partial charge in [-0.15, -0.1) is 0 Å². The second kappa shape index (κ2) is 3.81. The Kier molecular flexibility index (Phi) is 2.48. The van der Waals surface area contributed by atoms with Crippen LogP contribution in [0.15, 0.2) is 30.5 Å². The van der Waals surface area contributed by atoms with E-state index < -0.39 is 11.9 Å². The van der Waals surface area contributed by atoms with Gasteiger partial charge < -0.3 is 9.64 Å². The van der Waals surface area contributed by atoms with Crippen LogP contribution in [0, 0.1) is 0 Å². The van der Waals surface area contributed by atoms with Crippen LogP contribution in [-0.2, 0) is 9.53 Å². The first-order valence-electron chi connectivity index (χ1n) is 4.84. The molecule has 1 aromatic rings. The van der Waals surface area contributed by atoms with Gasteiger partial charge in [0.1, 0.15) is 0 Å². The Morgan fingerprint density at radius 1 is 1.06 bits per heavy atom. The zero-order chi connectivity index (χ0) is 11.7. The standard InChI is InChI=1S/C12H11NO3/c1-13(2)7-10-8-5-3-4-6-9(8)11(14)16-12(10)15/h3-7H,1-2H3/b10-7+. The lowest BCUT2D eigenvalue weighted by atomic mass is 9.98. The topological polar surface area (TPSA) is 46.6 Å². The molecule has 1 aliphatic heterocycles. The van der Waals surface area contributed by atoms with Crippen molar-refractivity contribution in [3.8, 4) is 0 Å². The van der Waals surface area contributed by atoms with E-state index in [1.807, 2.05) is 0 Å². The average molecular weight is 217 g/mol. The molecule has 1 aromatic carbocycles. The number of benzene rings is 1. The van der Waals surface area contributed by atoms with Crippen LogP contribution < -0.4 is 0 Å². The maximum Gasteiger partial charge on any atom is 0.348 e. The lowest BCUT2D eigenvalue weighted by Gasteiger charge is -2.18. The number of hydrogen-bond donors (Lipinski definition) is 0. The van der Waals surface area contributed by atoms with E-state index in [2.05, 4.69) is 4.74 Å². The highest BCUT2D eigenvalue weighted by molar-refractivity contribution is 6.25. The summed E-state index contributed by atoms with van der Waals surface area (Å²) in [5.74, 6) is -1.19. The van der Waals surface area contributed by atoms with Crippen molar-refractivity contribution < 1.29 is 14.3 Å². The van der Waals surface area contributed by atoms with Crippen LogP contribution in [0.2, 0.25) is 0 Å². The summed E-state index contributed by atoms with van der Waals surface area (Å²) in [4.78, 5) is 24.7. The molecule has 2 rings (SSSR count). The third kappa shape index (κ3) is 1.69. The van der Waals surface area contributed by atoms with Crippen molar-refractivity contribution in [3.05, 3.63) is 41.6 Å². The fourth-order valence-electron chi connectivity index (χ4n) is 1.58. The molecule has 0 unspecified atom stereocenters. The molecule has 16 heavy (non-hydrogen) atoms. The third-order valence-corrected chi connectivity index (χ3v) is 2.23. The average Bonchev–Trinajstić information content (AvgIpc) is 2.24. The predicted octanol–water partition coefficient (Wildman–Crippen LogP) is 1.29. The van der Waals surface area contributed by atoms with Crippen molar-refractivity contribution in [2.75, 3.05) is 14.1 Å². The Morgan fingerprint density at radius 3 is 2.31 bits per heavy atom. The zero-order valence-electron chi connectivity index (χ0n) is 9.06. The molecule has 4 nitrogen and oxygen atoms in total. The molecule has 0 saturated carbocycles. The van der Waals surface area contributed by atoms with E-state index in [0.29, 0.717) is 16.7 Å². The first kappa shape index (κ1) is 10.4. The molecule has 0 amide bonds. The minimum Gasteiger partial charge on any atom is -0.386 e. The highest BCUT2D eigenvalue weighted by atomic mass is 16.6. The Bertz CT molecular complexity index is 489. The fraction of sp³-hybridized carbons (Fsp3) is 0.167. The van der Waals surface area contributed by atoms with Gasteiger partial charge in [-0.05, 0) is 6.07 Å². The van der Waals surface area contributed by atoms with E-state index in [1.54, 1.807) is 49.5 Å². The summed E-state index contributed by atoms with van der Waals surface area (Å²) < 4.78 is 4.65. The van der Waals surface area contributed by atoms with Crippen LogP contribution in [0.5, 0.6) is 0 Å². The highest BCUT2D eigenvalue weighted by Gasteiger charge is 2.29. The van der Waals surface area contributed by atoms with Crippen LogP contribution in [0.25, 0.3) is 5.57 Å². The van der Waals surface area contributed by atoms with Gasteiger partial charge in [0.15, 0.2) is 0 Å². The van der Waals surface area contributed by atoms with Gasteiger partial charge in [0.05, 0.1) is 11.1 Å². The zero-order valence-corrected chi connectivity index (χ0v) is 9.06. The molecule has 0 fully saturated rings. The van der Waals surface area contributed by atoms with E-state index in [1.165, 1.54) is 0 Å². The van der Waals surface area contributed by atoms with Gasteiger partial charge >= 0.3 is 11.9 Å². The van der Waals surface area contributed by atoms with E-state index in [4.69, 9.17) is 0 Å². The van der Waals surface area contributed by atoms with Crippen LogP contribution in [0.3, 0.4) is 0 Å². The number of esters is 2. The Hall–Kier alpha value is -2.10. The predicted molar refractivity (Wildman–Crippen MR) is 58.5 cm³/mol. The maximum atomic E-state index is 11.6. The van der Waals surface area contributed by atoms with E-state index >= 15 is 0 Å². The molecule has 0 aromatic heterocycles. The summed E-state index contributed by atoms with van der Waals surface area (Å²) in [6, 6.07) is 6.91. The van der Waals surface area contributed by atoms with Gasteiger partial charge in [-0.2, -0.15) is 0 Å². The van der Waals surface area contributed by atoms with Gasteiger partial charge in [0, 0.05) is 25.9 Å². The number of hydrogen-bond acceptors (Lipinski definition) is 4. The molecule has 1 aliphatic rings. The molecule has 0 radical (unpaired) electrons. The molecule has 0 saturated heterocycles. The monoisotopic (exact) mass is 217 g/mol. The lowest BCUT2D eigenvalue weighted by molar-refractivity contribution is -0.131. The summed E-state index contributed by atoms with van der Waals surface area (Å²) in [5.41, 5.74) is 1.45. The minimum absolute atomic E-state index is 0.403. The maximum absolute atomic E-state index is 11.6. The summed E-state index contributed by atoms with van der Waals surface area (Å²) in [6.45, 7) is 0. The Morgan fingerprint density at radius 2 is 1.69 bits per heavy atom. The first-order chi connectivity index (χ1) is 7.59. The molecule has 0 bridgehead atoms. The summed E-state index contributed by atoms with van der Waals surface area (Å²) >= 11 is 0. The molecular weight excluding hydrogens is 206 g/mol. The summed E-state index contributed by atoms with van der Waals surface area (Å²) in [6.07, 6.45) is 1.65. The van der Waals surface area contributed by atoms with E-state index in [-0.39, 0.29) is 0 Å². The summed E-state index contributed by atoms with van der Waals surface area (Å²) in [7, 11) is 3.61. The number of carbonyl (C=O) groups is 2. The number of ether oxygens (including phenoxy) is 1. The van der Waals surface area contributed by atoms with Crippen LogP contribution >= 0.6 is 0 Å². The van der Waals surface area contributed by atoms with Gasteiger partial charge in [-0.25, -0.2) is 9.59 Å². The van der Waals surface area contributed by atoms with Gasteiger partial charge in [0.2, 0.25) is 0 Å². The van der Waals surface area contributed by atoms with Crippen molar-refractivity contribution in [1.82, 2.24) is 4.90 Å². The van der Waals surface area contributed by atoms with Crippen molar-refractivity contribution in [1.29, 1.82) is 0 Å².